The molecular weight excluding hydrogens is 478 g/mol. The van der Waals surface area contributed by atoms with Crippen LogP contribution in [0.2, 0.25) is 0 Å². The number of rotatable bonds is 12. The summed E-state index contributed by atoms with van der Waals surface area (Å²) < 4.78 is 49.6. The Balaban J connectivity index is 1.83. The molecule has 4 nitrogen and oxygen atoms in total. The Morgan fingerprint density at radius 2 is 1.61 bits per heavy atom. The first-order chi connectivity index (χ1) is 15.7. The van der Waals surface area contributed by atoms with Gasteiger partial charge >= 0.3 is 6.18 Å². The molecule has 0 atom stereocenters. The standard InChI is InChI=1S/C24H26Cl2F3NO3/c1-3-18-14-21(31-13-10-22(25)26)15-19(4-2)23(18)32-11-5-12-33-30-16-17-6-8-20(9-7-17)24(27,28)29/h6-10,14-16H,3-5,11-13H2,1-2H3/b30-16+. The topological polar surface area (TPSA) is 40.0 Å². The third-order valence-electron chi connectivity index (χ3n) is 4.61. The fourth-order valence-electron chi connectivity index (χ4n) is 2.92. The number of halogens is 5. The molecule has 33 heavy (non-hydrogen) atoms. The van der Waals surface area contributed by atoms with Gasteiger partial charge in [0.1, 0.15) is 29.2 Å². The third kappa shape index (κ3) is 9.18. The van der Waals surface area contributed by atoms with E-state index in [1.807, 2.05) is 26.0 Å². The molecule has 0 heterocycles. The Bertz CT molecular complexity index is 916. The van der Waals surface area contributed by atoms with Crippen molar-refractivity contribution in [1.82, 2.24) is 0 Å². The number of hydrogen-bond donors (Lipinski definition) is 0. The number of nitrogens with zero attached hydrogens (tertiary/aromatic N) is 1. The summed E-state index contributed by atoms with van der Waals surface area (Å²) in [5, 5.41) is 3.80. The van der Waals surface area contributed by atoms with Crippen molar-refractivity contribution in [2.45, 2.75) is 39.3 Å². The Labute approximate surface area is 201 Å². The Morgan fingerprint density at radius 3 is 2.15 bits per heavy atom. The lowest BCUT2D eigenvalue weighted by Crippen LogP contribution is -2.06. The van der Waals surface area contributed by atoms with E-state index in [0.29, 0.717) is 25.2 Å². The minimum atomic E-state index is -4.36. The molecule has 2 rings (SSSR count). The van der Waals surface area contributed by atoms with Crippen LogP contribution < -0.4 is 9.47 Å². The molecule has 0 bridgehead atoms. The van der Waals surface area contributed by atoms with Crippen molar-refractivity contribution in [3.8, 4) is 11.5 Å². The molecule has 0 fully saturated rings. The van der Waals surface area contributed by atoms with Crippen molar-refractivity contribution in [3.05, 3.63) is 69.2 Å². The second kappa shape index (κ2) is 13.4. The highest BCUT2D eigenvalue weighted by Gasteiger charge is 2.29. The second-order valence-corrected chi connectivity index (χ2v) is 7.98. The van der Waals surface area contributed by atoms with Crippen molar-refractivity contribution in [1.29, 1.82) is 0 Å². The highest BCUT2D eigenvalue weighted by atomic mass is 35.5. The SMILES string of the molecule is CCc1cc(OCC=C(Cl)Cl)cc(CC)c1OCCCO/N=C/c1ccc(C(F)(F)F)cc1. The first-order valence-electron chi connectivity index (χ1n) is 10.5. The number of oxime groups is 1. The van der Waals surface area contributed by atoms with E-state index in [1.54, 1.807) is 6.08 Å². The van der Waals surface area contributed by atoms with Crippen molar-refractivity contribution in [2.75, 3.05) is 19.8 Å². The summed E-state index contributed by atoms with van der Waals surface area (Å²) in [5.41, 5.74) is 1.88. The largest absolute Gasteiger partial charge is 0.493 e. The smallest absolute Gasteiger partial charge is 0.416 e. The Hall–Kier alpha value is -2.38. The molecule has 180 valence electrons. The van der Waals surface area contributed by atoms with Gasteiger partial charge in [-0.1, -0.05) is 54.3 Å². The van der Waals surface area contributed by atoms with Gasteiger partial charge in [-0.05, 0) is 59.9 Å². The van der Waals surface area contributed by atoms with Crippen LogP contribution in [0.3, 0.4) is 0 Å². The molecule has 2 aromatic carbocycles. The zero-order chi connectivity index (χ0) is 24.3. The van der Waals surface area contributed by atoms with Crippen LogP contribution in [0.25, 0.3) is 0 Å². The van der Waals surface area contributed by atoms with E-state index in [0.717, 1.165) is 47.6 Å². The predicted octanol–water partition coefficient (Wildman–Crippen LogP) is 7.35. The van der Waals surface area contributed by atoms with Crippen LogP contribution in [0.5, 0.6) is 11.5 Å². The molecular formula is C24H26Cl2F3NO3. The van der Waals surface area contributed by atoms with E-state index in [1.165, 1.54) is 18.3 Å². The van der Waals surface area contributed by atoms with Crippen LogP contribution in [0.4, 0.5) is 13.2 Å². The molecule has 0 aliphatic rings. The van der Waals surface area contributed by atoms with Gasteiger partial charge in [-0.3, -0.25) is 0 Å². The molecule has 9 heteroatoms. The molecule has 0 N–H and O–H groups in total. The van der Waals surface area contributed by atoms with Crippen molar-refractivity contribution < 1.29 is 27.5 Å². The maximum Gasteiger partial charge on any atom is 0.416 e. The van der Waals surface area contributed by atoms with E-state index in [9.17, 15) is 13.2 Å². The second-order valence-electron chi connectivity index (χ2n) is 6.97. The first-order valence-corrected chi connectivity index (χ1v) is 11.2. The minimum Gasteiger partial charge on any atom is -0.493 e. The van der Waals surface area contributed by atoms with Gasteiger partial charge in [0.25, 0.3) is 0 Å². The maximum absolute atomic E-state index is 12.6. The summed E-state index contributed by atoms with van der Waals surface area (Å²) in [6, 6.07) is 8.57. The van der Waals surface area contributed by atoms with Gasteiger partial charge in [0.2, 0.25) is 0 Å². The molecule has 0 radical (unpaired) electrons. The van der Waals surface area contributed by atoms with E-state index in [-0.39, 0.29) is 11.1 Å². The quantitative estimate of drug-likeness (QED) is 0.172. The summed E-state index contributed by atoms with van der Waals surface area (Å²) >= 11 is 11.2. The number of ether oxygens (including phenoxy) is 2. The van der Waals surface area contributed by atoms with Gasteiger partial charge in [-0.25, -0.2) is 0 Å². The summed E-state index contributed by atoms with van der Waals surface area (Å²) in [6.45, 7) is 5.10. The molecule has 2 aromatic rings. The zero-order valence-electron chi connectivity index (χ0n) is 18.4. The molecule has 0 aliphatic heterocycles. The van der Waals surface area contributed by atoms with Crippen LogP contribution >= 0.6 is 23.2 Å². The fraction of sp³-hybridized carbons (Fsp3) is 0.375. The molecule has 0 saturated heterocycles. The van der Waals surface area contributed by atoms with E-state index in [2.05, 4.69) is 5.16 Å². The molecule has 0 amide bonds. The minimum absolute atomic E-state index is 0.160. The summed E-state index contributed by atoms with van der Waals surface area (Å²) in [4.78, 5) is 5.19. The Kier molecular flexibility index (Phi) is 10.9. The van der Waals surface area contributed by atoms with Gasteiger partial charge < -0.3 is 14.3 Å². The van der Waals surface area contributed by atoms with Gasteiger partial charge in [0.05, 0.1) is 18.4 Å². The van der Waals surface area contributed by atoms with Gasteiger partial charge in [-0.15, -0.1) is 0 Å². The normalized spacial score (nSPS) is 11.5. The third-order valence-corrected chi connectivity index (χ3v) is 4.92. The average molecular weight is 504 g/mol. The first kappa shape index (κ1) is 26.9. The lowest BCUT2D eigenvalue weighted by Gasteiger charge is -2.17. The Morgan fingerprint density at radius 1 is 0.970 bits per heavy atom. The van der Waals surface area contributed by atoms with Crippen LogP contribution in [-0.2, 0) is 23.9 Å². The van der Waals surface area contributed by atoms with Crippen LogP contribution in [0.1, 0.15) is 42.5 Å². The molecule has 0 saturated carbocycles. The number of alkyl halides is 3. The number of hydrogen-bond acceptors (Lipinski definition) is 4. The van der Waals surface area contributed by atoms with Crippen molar-refractivity contribution in [2.24, 2.45) is 5.16 Å². The highest BCUT2D eigenvalue weighted by molar-refractivity contribution is 6.55. The number of aryl methyl sites for hydroxylation is 2. The van der Waals surface area contributed by atoms with Crippen LogP contribution in [0, 0.1) is 0 Å². The van der Waals surface area contributed by atoms with Crippen molar-refractivity contribution >= 4 is 29.4 Å². The lowest BCUT2D eigenvalue weighted by molar-refractivity contribution is -0.137. The monoisotopic (exact) mass is 503 g/mol. The summed E-state index contributed by atoms with van der Waals surface area (Å²) in [7, 11) is 0. The van der Waals surface area contributed by atoms with Crippen LogP contribution in [-0.4, -0.2) is 26.0 Å². The average Bonchev–Trinajstić information content (AvgIpc) is 2.78. The lowest BCUT2D eigenvalue weighted by atomic mass is 10.0. The van der Waals surface area contributed by atoms with E-state index in [4.69, 9.17) is 37.5 Å². The number of benzene rings is 2. The zero-order valence-corrected chi connectivity index (χ0v) is 19.9. The molecule has 0 aromatic heterocycles. The van der Waals surface area contributed by atoms with Gasteiger partial charge in [0, 0.05) is 6.42 Å². The van der Waals surface area contributed by atoms with Crippen LogP contribution in [0.15, 0.2) is 52.1 Å². The molecule has 0 unspecified atom stereocenters. The van der Waals surface area contributed by atoms with E-state index >= 15 is 0 Å². The fourth-order valence-corrected chi connectivity index (χ4v) is 3.05. The van der Waals surface area contributed by atoms with Gasteiger partial charge in [-0.2, -0.15) is 13.2 Å². The van der Waals surface area contributed by atoms with Gasteiger partial charge in [0.15, 0.2) is 0 Å². The molecule has 0 spiro atoms. The summed E-state index contributed by atoms with van der Waals surface area (Å²) in [6.07, 6.45) is 0.735. The van der Waals surface area contributed by atoms with Crippen molar-refractivity contribution in [3.63, 3.8) is 0 Å². The predicted molar refractivity (Wildman–Crippen MR) is 126 cm³/mol. The highest BCUT2D eigenvalue weighted by Crippen LogP contribution is 2.31. The van der Waals surface area contributed by atoms with E-state index < -0.39 is 11.7 Å². The summed E-state index contributed by atoms with van der Waals surface area (Å²) in [5.74, 6) is 1.56. The molecule has 0 aliphatic carbocycles. The maximum atomic E-state index is 12.6.